The summed E-state index contributed by atoms with van der Waals surface area (Å²) in [5.41, 5.74) is 1.10. The molecule has 0 radical (unpaired) electrons. The third-order valence-electron chi connectivity index (χ3n) is 4.78. The van der Waals surface area contributed by atoms with Gasteiger partial charge in [0.25, 0.3) is 0 Å². The van der Waals surface area contributed by atoms with Gasteiger partial charge in [0.2, 0.25) is 0 Å². The molecule has 0 amide bonds. The number of likely N-dealkylation sites (tertiary alicyclic amines) is 1. The largest absolute Gasteiger partial charge is 0.469 e. The number of esters is 1. The summed E-state index contributed by atoms with van der Waals surface area (Å²) in [4.78, 5) is 14.6. The Hall–Kier alpha value is -1.35. The molecule has 0 N–H and O–H groups in total. The number of rotatable bonds is 3. The molecule has 2 atom stereocenters. The Kier molecular flexibility index (Phi) is 3.31. The van der Waals surface area contributed by atoms with Crippen molar-refractivity contribution in [1.29, 1.82) is 0 Å². The summed E-state index contributed by atoms with van der Waals surface area (Å²) in [5, 5.41) is 0. The minimum absolute atomic E-state index is 0.00515. The fourth-order valence-corrected chi connectivity index (χ4v) is 3.89. The average Bonchev–Trinajstić information content (AvgIpc) is 2.96. The Morgan fingerprint density at radius 2 is 2.21 bits per heavy atom. The molecule has 3 nitrogen and oxygen atoms in total. The molecule has 3 rings (SSSR count). The number of nitrogens with zero attached hydrogens (tertiary/aromatic N) is 1. The van der Waals surface area contributed by atoms with Gasteiger partial charge in [0.05, 0.1) is 12.5 Å². The van der Waals surface area contributed by atoms with Crippen LogP contribution in [0, 0.1) is 11.3 Å². The van der Waals surface area contributed by atoms with E-state index in [1.54, 1.807) is 0 Å². The predicted octanol–water partition coefficient (Wildman–Crippen LogP) is 2.46. The molecular weight excluding hydrogens is 238 g/mol. The van der Waals surface area contributed by atoms with E-state index < -0.39 is 0 Å². The van der Waals surface area contributed by atoms with Crippen LogP contribution in [0.4, 0.5) is 0 Å². The maximum Gasteiger partial charge on any atom is 0.313 e. The summed E-state index contributed by atoms with van der Waals surface area (Å²) in [6.45, 7) is 2.83. The van der Waals surface area contributed by atoms with Gasteiger partial charge in [-0.2, -0.15) is 0 Å². The second-order valence-electron chi connectivity index (χ2n) is 5.89. The van der Waals surface area contributed by atoms with Gasteiger partial charge in [0.1, 0.15) is 0 Å². The first-order valence-corrected chi connectivity index (χ1v) is 7.09. The fraction of sp³-hybridized carbons (Fsp3) is 0.562. The summed E-state index contributed by atoms with van der Waals surface area (Å²) >= 11 is 0. The summed E-state index contributed by atoms with van der Waals surface area (Å²) < 4.78 is 5.07. The van der Waals surface area contributed by atoms with Crippen LogP contribution in [0.5, 0.6) is 0 Å². The molecule has 1 heterocycles. The monoisotopic (exact) mass is 259 g/mol. The number of hydrogen-bond donors (Lipinski definition) is 0. The predicted molar refractivity (Wildman–Crippen MR) is 73.5 cm³/mol. The summed E-state index contributed by atoms with van der Waals surface area (Å²) in [6, 6.07) is 10.5. The zero-order chi connectivity index (χ0) is 13.3. The van der Waals surface area contributed by atoms with Crippen molar-refractivity contribution < 1.29 is 9.53 Å². The summed E-state index contributed by atoms with van der Waals surface area (Å²) in [7, 11) is 1.52. The van der Waals surface area contributed by atoms with Crippen molar-refractivity contribution >= 4 is 5.97 Å². The number of hydrogen-bond acceptors (Lipinski definition) is 3. The molecule has 1 saturated carbocycles. The second kappa shape index (κ2) is 4.97. The molecule has 0 bridgehead atoms. The van der Waals surface area contributed by atoms with Crippen LogP contribution in [0.1, 0.15) is 24.8 Å². The van der Waals surface area contributed by atoms with Gasteiger partial charge in [-0.05, 0) is 24.3 Å². The summed E-state index contributed by atoms with van der Waals surface area (Å²) in [6.07, 6.45) is 3.33. The van der Waals surface area contributed by atoms with Crippen LogP contribution in [0.15, 0.2) is 30.3 Å². The first-order chi connectivity index (χ1) is 9.24. The highest BCUT2D eigenvalue weighted by Gasteiger charge is 2.55. The number of carbonyl (C=O) groups is 1. The quantitative estimate of drug-likeness (QED) is 0.781. The van der Waals surface area contributed by atoms with Gasteiger partial charge in [-0.15, -0.1) is 0 Å². The van der Waals surface area contributed by atoms with Gasteiger partial charge in [0, 0.05) is 19.6 Å². The molecule has 1 saturated heterocycles. The van der Waals surface area contributed by atoms with Crippen molar-refractivity contribution in [3.63, 3.8) is 0 Å². The van der Waals surface area contributed by atoms with E-state index in [0.717, 1.165) is 26.1 Å². The minimum Gasteiger partial charge on any atom is -0.469 e. The van der Waals surface area contributed by atoms with Crippen LogP contribution in [0.2, 0.25) is 0 Å². The third kappa shape index (κ3) is 2.16. The van der Waals surface area contributed by atoms with E-state index in [4.69, 9.17) is 4.74 Å². The molecule has 102 valence electrons. The van der Waals surface area contributed by atoms with Gasteiger partial charge >= 0.3 is 5.97 Å². The SMILES string of the molecule is COC(=O)[C@@]12CCC[C@@H]1CN(Cc1ccccc1)C2. The number of methoxy groups -OCH3 is 1. The van der Waals surface area contributed by atoms with Crippen LogP contribution in [-0.2, 0) is 16.1 Å². The molecule has 19 heavy (non-hydrogen) atoms. The molecule has 1 aliphatic carbocycles. The lowest BCUT2D eigenvalue weighted by Crippen LogP contribution is -2.36. The van der Waals surface area contributed by atoms with Crippen molar-refractivity contribution in [1.82, 2.24) is 4.90 Å². The van der Waals surface area contributed by atoms with E-state index in [2.05, 4.69) is 29.2 Å². The van der Waals surface area contributed by atoms with Crippen LogP contribution in [0.3, 0.4) is 0 Å². The van der Waals surface area contributed by atoms with Gasteiger partial charge in [-0.1, -0.05) is 36.8 Å². The Morgan fingerprint density at radius 1 is 1.42 bits per heavy atom. The van der Waals surface area contributed by atoms with Crippen LogP contribution in [-0.4, -0.2) is 31.1 Å². The van der Waals surface area contributed by atoms with Crippen molar-refractivity contribution in [2.45, 2.75) is 25.8 Å². The number of fused-ring (bicyclic) bond motifs is 1. The first kappa shape index (κ1) is 12.7. The standard InChI is InChI=1S/C16H21NO2/c1-19-15(18)16-9-5-8-14(16)11-17(12-16)10-13-6-3-2-4-7-13/h2-4,6-7,14H,5,8-12H2,1H3/t14-,16-/m1/s1. The number of ether oxygens (including phenoxy) is 1. The van der Waals surface area contributed by atoms with Crippen molar-refractivity contribution in [3.05, 3.63) is 35.9 Å². The molecule has 1 aromatic rings. The van der Waals surface area contributed by atoms with E-state index in [1.807, 2.05) is 6.07 Å². The smallest absolute Gasteiger partial charge is 0.313 e. The highest BCUT2D eigenvalue weighted by atomic mass is 16.5. The van der Waals surface area contributed by atoms with E-state index >= 15 is 0 Å². The molecule has 2 aliphatic rings. The molecule has 1 aliphatic heterocycles. The zero-order valence-corrected chi connectivity index (χ0v) is 11.5. The molecule has 3 heteroatoms. The highest BCUT2D eigenvalue weighted by Crippen LogP contribution is 2.49. The van der Waals surface area contributed by atoms with Crippen molar-refractivity contribution in [2.75, 3.05) is 20.2 Å². The summed E-state index contributed by atoms with van der Waals surface area (Å²) in [5.74, 6) is 0.495. The van der Waals surface area contributed by atoms with E-state index in [9.17, 15) is 4.79 Å². The van der Waals surface area contributed by atoms with E-state index in [1.165, 1.54) is 25.5 Å². The lowest BCUT2D eigenvalue weighted by atomic mass is 9.81. The lowest BCUT2D eigenvalue weighted by molar-refractivity contribution is -0.153. The Bertz CT molecular complexity index is 459. The average molecular weight is 259 g/mol. The Morgan fingerprint density at radius 3 is 2.95 bits per heavy atom. The highest BCUT2D eigenvalue weighted by molar-refractivity contribution is 5.78. The molecular formula is C16H21NO2. The molecule has 0 aromatic heterocycles. The maximum absolute atomic E-state index is 12.2. The Labute approximate surface area is 114 Å². The zero-order valence-electron chi connectivity index (χ0n) is 11.5. The molecule has 2 fully saturated rings. The van der Waals surface area contributed by atoms with E-state index in [0.29, 0.717) is 5.92 Å². The number of benzene rings is 1. The van der Waals surface area contributed by atoms with Gasteiger partial charge < -0.3 is 4.74 Å². The minimum atomic E-state index is -0.219. The molecule has 1 aromatic carbocycles. The van der Waals surface area contributed by atoms with Crippen molar-refractivity contribution in [3.8, 4) is 0 Å². The molecule has 0 unspecified atom stereocenters. The second-order valence-corrected chi connectivity index (χ2v) is 5.89. The third-order valence-corrected chi connectivity index (χ3v) is 4.78. The Balaban J connectivity index is 1.73. The molecule has 0 spiro atoms. The van der Waals surface area contributed by atoms with Crippen LogP contribution >= 0.6 is 0 Å². The van der Waals surface area contributed by atoms with E-state index in [-0.39, 0.29) is 11.4 Å². The van der Waals surface area contributed by atoms with Gasteiger partial charge in [-0.3, -0.25) is 9.69 Å². The maximum atomic E-state index is 12.2. The van der Waals surface area contributed by atoms with Gasteiger partial charge in [-0.25, -0.2) is 0 Å². The van der Waals surface area contributed by atoms with Gasteiger partial charge in [0.15, 0.2) is 0 Å². The van der Waals surface area contributed by atoms with Crippen LogP contribution in [0.25, 0.3) is 0 Å². The topological polar surface area (TPSA) is 29.5 Å². The lowest BCUT2D eigenvalue weighted by Gasteiger charge is -2.25. The fourth-order valence-electron chi connectivity index (χ4n) is 3.89. The number of carbonyl (C=O) groups excluding carboxylic acids is 1. The van der Waals surface area contributed by atoms with Crippen LogP contribution < -0.4 is 0 Å². The van der Waals surface area contributed by atoms with Crippen molar-refractivity contribution in [2.24, 2.45) is 11.3 Å². The first-order valence-electron chi connectivity index (χ1n) is 7.09. The normalized spacial score (nSPS) is 30.3.